The number of nitrogens with zero attached hydrogens (tertiary/aromatic N) is 1. The summed E-state index contributed by atoms with van der Waals surface area (Å²) >= 11 is 0. The number of hydrogen-bond donors (Lipinski definition) is 1. The molecule has 2 heterocycles. The van der Waals surface area contributed by atoms with Crippen LogP contribution in [0.2, 0.25) is 0 Å². The molecule has 4 heteroatoms. The number of rotatable bonds is 2. The van der Waals surface area contributed by atoms with E-state index in [1.54, 1.807) is 6.07 Å². The van der Waals surface area contributed by atoms with Gasteiger partial charge in [0.2, 0.25) is 0 Å². The first kappa shape index (κ1) is 14.1. The summed E-state index contributed by atoms with van der Waals surface area (Å²) in [4.78, 5) is 14.0. The van der Waals surface area contributed by atoms with Gasteiger partial charge in [-0.2, -0.15) is 0 Å². The molecule has 4 nitrogen and oxygen atoms in total. The van der Waals surface area contributed by atoms with Crippen LogP contribution in [0.3, 0.4) is 0 Å². The van der Waals surface area contributed by atoms with E-state index < -0.39 is 0 Å². The SMILES string of the molecule is Cc1cc(=O)oc2c(CN3CCCC(C)C3)c(O)ccc12. The van der Waals surface area contributed by atoms with E-state index in [1.807, 2.05) is 13.0 Å². The molecule has 1 aliphatic rings. The van der Waals surface area contributed by atoms with E-state index in [9.17, 15) is 9.90 Å². The highest BCUT2D eigenvalue weighted by Gasteiger charge is 2.20. The normalized spacial score (nSPS) is 20.0. The van der Waals surface area contributed by atoms with Gasteiger partial charge in [-0.1, -0.05) is 6.92 Å². The summed E-state index contributed by atoms with van der Waals surface area (Å²) in [6.45, 7) is 6.81. The van der Waals surface area contributed by atoms with Crippen LogP contribution in [0.5, 0.6) is 5.75 Å². The van der Waals surface area contributed by atoms with Crippen LogP contribution in [-0.4, -0.2) is 23.1 Å². The Labute approximate surface area is 124 Å². The van der Waals surface area contributed by atoms with Gasteiger partial charge in [0.05, 0.1) is 5.56 Å². The van der Waals surface area contributed by atoms with E-state index in [4.69, 9.17) is 4.42 Å². The third kappa shape index (κ3) is 2.81. The number of hydrogen-bond acceptors (Lipinski definition) is 4. The third-order valence-corrected chi connectivity index (χ3v) is 4.32. The number of phenolic OH excluding ortho intramolecular Hbond substituents is 1. The molecule has 1 aromatic heterocycles. The predicted octanol–water partition coefficient (Wildman–Crippen LogP) is 3.04. The first-order chi connectivity index (χ1) is 10.0. The highest BCUT2D eigenvalue weighted by atomic mass is 16.4. The Morgan fingerprint density at radius 2 is 2.24 bits per heavy atom. The first-order valence-corrected chi connectivity index (χ1v) is 7.52. The van der Waals surface area contributed by atoms with Gasteiger partial charge in [0.15, 0.2) is 0 Å². The van der Waals surface area contributed by atoms with Crippen LogP contribution in [0.15, 0.2) is 27.4 Å². The molecule has 1 fully saturated rings. The molecule has 112 valence electrons. The van der Waals surface area contributed by atoms with Crippen LogP contribution in [0.25, 0.3) is 11.0 Å². The van der Waals surface area contributed by atoms with Gasteiger partial charge < -0.3 is 9.52 Å². The largest absolute Gasteiger partial charge is 0.507 e. The average Bonchev–Trinajstić information content (AvgIpc) is 2.42. The van der Waals surface area contributed by atoms with Gasteiger partial charge >= 0.3 is 5.63 Å². The Morgan fingerprint density at radius 1 is 1.43 bits per heavy atom. The molecule has 1 atom stereocenters. The molecule has 0 bridgehead atoms. The van der Waals surface area contributed by atoms with Gasteiger partial charge in [0.1, 0.15) is 11.3 Å². The molecule has 0 spiro atoms. The zero-order valence-electron chi connectivity index (χ0n) is 12.6. The minimum atomic E-state index is -0.362. The van der Waals surface area contributed by atoms with Gasteiger partial charge in [-0.05, 0) is 49.9 Å². The molecule has 0 amide bonds. The van der Waals surface area contributed by atoms with Gasteiger partial charge in [0, 0.05) is 24.5 Å². The molecular weight excluding hydrogens is 266 g/mol. The quantitative estimate of drug-likeness (QED) is 0.863. The van der Waals surface area contributed by atoms with Crippen LogP contribution in [0.4, 0.5) is 0 Å². The minimum absolute atomic E-state index is 0.203. The van der Waals surface area contributed by atoms with Crippen LogP contribution < -0.4 is 5.63 Å². The molecule has 1 aromatic carbocycles. The van der Waals surface area contributed by atoms with Crippen molar-refractivity contribution in [2.24, 2.45) is 5.92 Å². The lowest BCUT2D eigenvalue weighted by atomic mass is 9.99. The number of phenols is 1. The maximum atomic E-state index is 11.7. The second-order valence-electron chi connectivity index (χ2n) is 6.17. The Kier molecular flexibility index (Phi) is 3.72. The van der Waals surface area contributed by atoms with Crippen LogP contribution in [0.1, 0.15) is 30.9 Å². The molecule has 1 unspecified atom stereocenters. The number of fused-ring (bicyclic) bond motifs is 1. The molecule has 2 aromatic rings. The Bertz CT molecular complexity index is 720. The van der Waals surface area contributed by atoms with Crippen molar-refractivity contribution in [1.82, 2.24) is 4.90 Å². The summed E-state index contributed by atoms with van der Waals surface area (Å²) in [5, 5.41) is 11.1. The van der Waals surface area contributed by atoms with Crippen molar-refractivity contribution in [3.05, 3.63) is 39.7 Å². The van der Waals surface area contributed by atoms with E-state index in [0.29, 0.717) is 18.0 Å². The number of aryl methyl sites for hydroxylation is 1. The molecule has 21 heavy (non-hydrogen) atoms. The standard InChI is InChI=1S/C17H21NO3/c1-11-4-3-7-18(9-11)10-14-15(19)6-5-13-12(2)8-16(20)21-17(13)14/h5-6,8,11,19H,3-4,7,9-10H2,1-2H3. The van der Waals surface area contributed by atoms with Crippen LogP contribution in [0, 0.1) is 12.8 Å². The zero-order chi connectivity index (χ0) is 15.0. The van der Waals surface area contributed by atoms with Crippen molar-refractivity contribution < 1.29 is 9.52 Å². The van der Waals surface area contributed by atoms with Crippen LogP contribution >= 0.6 is 0 Å². The number of aromatic hydroxyl groups is 1. The predicted molar refractivity (Wildman–Crippen MR) is 82.6 cm³/mol. The van der Waals surface area contributed by atoms with E-state index in [-0.39, 0.29) is 11.4 Å². The Morgan fingerprint density at radius 3 is 3.00 bits per heavy atom. The molecular formula is C17H21NO3. The second kappa shape index (κ2) is 5.53. The van der Waals surface area contributed by atoms with Crippen molar-refractivity contribution in [1.29, 1.82) is 0 Å². The summed E-state index contributed by atoms with van der Waals surface area (Å²) in [6.07, 6.45) is 2.43. The smallest absolute Gasteiger partial charge is 0.336 e. The van der Waals surface area contributed by atoms with Crippen molar-refractivity contribution >= 4 is 11.0 Å². The number of likely N-dealkylation sites (tertiary alicyclic amines) is 1. The average molecular weight is 287 g/mol. The first-order valence-electron chi connectivity index (χ1n) is 7.52. The van der Waals surface area contributed by atoms with Crippen molar-refractivity contribution in [3.63, 3.8) is 0 Å². The van der Waals surface area contributed by atoms with Gasteiger partial charge in [-0.15, -0.1) is 0 Å². The molecule has 0 radical (unpaired) electrons. The lowest BCUT2D eigenvalue weighted by Crippen LogP contribution is -2.33. The van der Waals surface area contributed by atoms with Crippen LogP contribution in [-0.2, 0) is 6.54 Å². The van der Waals surface area contributed by atoms with Gasteiger partial charge in [0.25, 0.3) is 0 Å². The zero-order valence-corrected chi connectivity index (χ0v) is 12.6. The van der Waals surface area contributed by atoms with Gasteiger partial charge in [-0.25, -0.2) is 4.79 Å². The fourth-order valence-corrected chi connectivity index (χ4v) is 3.24. The van der Waals surface area contributed by atoms with E-state index in [0.717, 1.165) is 29.6 Å². The van der Waals surface area contributed by atoms with Crippen molar-refractivity contribution in [3.8, 4) is 5.75 Å². The summed E-state index contributed by atoms with van der Waals surface area (Å²) in [7, 11) is 0. The Balaban J connectivity index is 2.04. The number of benzene rings is 1. The lowest BCUT2D eigenvalue weighted by Gasteiger charge is -2.31. The molecule has 1 aliphatic heterocycles. The molecule has 0 aliphatic carbocycles. The molecule has 1 saturated heterocycles. The maximum Gasteiger partial charge on any atom is 0.336 e. The minimum Gasteiger partial charge on any atom is -0.507 e. The fourth-order valence-electron chi connectivity index (χ4n) is 3.24. The number of piperidine rings is 1. The third-order valence-electron chi connectivity index (χ3n) is 4.32. The van der Waals surface area contributed by atoms with E-state index >= 15 is 0 Å². The highest BCUT2D eigenvalue weighted by molar-refractivity contribution is 5.84. The molecule has 0 saturated carbocycles. The molecule has 3 rings (SSSR count). The highest BCUT2D eigenvalue weighted by Crippen LogP contribution is 2.30. The Hall–Kier alpha value is -1.81. The summed E-state index contributed by atoms with van der Waals surface area (Å²) in [5.41, 5.74) is 1.77. The summed E-state index contributed by atoms with van der Waals surface area (Å²) in [5.74, 6) is 0.874. The van der Waals surface area contributed by atoms with Crippen molar-refractivity contribution in [2.45, 2.75) is 33.2 Å². The monoisotopic (exact) mass is 287 g/mol. The van der Waals surface area contributed by atoms with Gasteiger partial charge in [-0.3, -0.25) is 4.90 Å². The maximum absolute atomic E-state index is 11.7. The lowest BCUT2D eigenvalue weighted by molar-refractivity contribution is 0.175. The van der Waals surface area contributed by atoms with E-state index in [2.05, 4.69) is 11.8 Å². The fraction of sp³-hybridized carbons (Fsp3) is 0.471. The van der Waals surface area contributed by atoms with Crippen molar-refractivity contribution in [2.75, 3.05) is 13.1 Å². The summed E-state index contributed by atoms with van der Waals surface area (Å²) < 4.78 is 5.38. The topological polar surface area (TPSA) is 53.7 Å². The summed E-state index contributed by atoms with van der Waals surface area (Å²) in [6, 6.07) is 5.00. The molecule has 1 N–H and O–H groups in total. The van der Waals surface area contributed by atoms with E-state index in [1.165, 1.54) is 18.9 Å². The second-order valence-corrected chi connectivity index (χ2v) is 6.17.